The van der Waals surface area contributed by atoms with Gasteiger partial charge in [0.1, 0.15) is 11.3 Å². The predicted molar refractivity (Wildman–Crippen MR) is 117 cm³/mol. The van der Waals surface area contributed by atoms with Crippen LogP contribution in [0.15, 0.2) is 22.7 Å². The number of rotatable bonds is 4. The molecule has 0 bridgehead atoms. The summed E-state index contributed by atoms with van der Waals surface area (Å²) in [6.45, 7) is 4.91. The number of piperazine rings is 1. The van der Waals surface area contributed by atoms with Crippen molar-refractivity contribution in [3.05, 3.63) is 28.2 Å². The second-order valence-corrected chi connectivity index (χ2v) is 9.98. The fourth-order valence-corrected chi connectivity index (χ4v) is 6.33. The molecule has 2 amide bonds. The van der Waals surface area contributed by atoms with Crippen molar-refractivity contribution in [3.63, 3.8) is 0 Å². The molecule has 5 rings (SSSR count). The number of benzene rings is 1. The van der Waals surface area contributed by atoms with Gasteiger partial charge in [-0.2, -0.15) is 0 Å². The van der Waals surface area contributed by atoms with Crippen LogP contribution in [0.1, 0.15) is 38.3 Å². The minimum Gasteiger partial charge on any atom is -0.493 e. The molecule has 0 aliphatic carbocycles. The zero-order chi connectivity index (χ0) is 22.6. The van der Waals surface area contributed by atoms with Gasteiger partial charge >= 0.3 is 5.97 Å². The van der Waals surface area contributed by atoms with E-state index in [1.807, 2.05) is 18.2 Å². The Morgan fingerprint density at radius 3 is 2.88 bits per heavy atom. The minimum absolute atomic E-state index is 0.0166. The Morgan fingerprint density at radius 2 is 2.16 bits per heavy atom. The molecule has 32 heavy (non-hydrogen) atoms. The molecule has 172 valence electrons. The molecule has 4 heterocycles. The van der Waals surface area contributed by atoms with Crippen molar-refractivity contribution in [3.8, 4) is 5.75 Å². The fourth-order valence-electron chi connectivity index (χ4n) is 5.95. The first kappa shape index (κ1) is 21.7. The maximum Gasteiger partial charge on any atom is 0.312 e. The zero-order valence-corrected chi connectivity index (χ0v) is 19.8. The maximum absolute atomic E-state index is 13.9. The largest absolute Gasteiger partial charge is 0.493 e. The molecule has 5 atom stereocenters. The standard InChI is InChI=1S/C23H27BrN2O6/c1-3-30-21(28)19-16-12-32-17-7-6-13(24)9-15(17)20(16)26-18(27)11-25(22(29)23(19,26)2)10-14-5-4-8-31-14/h6-7,9,14,16,19-20H,3-5,8,10-12H2,1-2H3/t14?,16?,19?,20?,23-/m1/s1. The molecule has 4 aliphatic heterocycles. The van der Waals surface area contributed by atoms with Crippen LogP contribution in [0.5, 0.6) is 5.75 Å². The van der Waals surface area contributed by atoms with Crippen molar-refractivity contribution in [2.75, 3.05) is 32.9 Å². The van der Waals surface area contributed by atoms with Crippen molar-refractivity contribution in [1.82, 2.24) is 9.80 Å². The second kappa shape index (κ2) is 8.02. The van der Waals surface area contributed by atoms with Crippen LogP contribution in [0.25, 0.3) is 0 Å². The van der Waals surface area contributed by atoms with Gasteiger partial charge in [0.05, 0.1) is 37.8 Å². The van der Waals surface area contributed by atoms with Gasteiger partial charge < -0.3 is 24.0 Å². The van der Waals surface area contributed by atoms with E-state index in [0.29, 0.717) is 18.9 Å². The van der Waals surface area contributed by atoms with Crippen LogP contribution in [0.3, 0.4) is 0 Å². The first-order valence-electron chi connectivity index (χ1n) is 11.2. The van der Waals surface area contributed by atoms with Crippen LogP contribution < -0.4 is 4.74 Å². The van der Waals surface area contributed by atoms with E-state index >= 15 is 0 Å². The minimum atomic E-state index is -1.34. The van der Waals surface area contributed by atoms with Gasteiger partial charge in [-0.3, -0.25) is 14.4 Å². The van der Waals surface area contributed by atoms with Gasteiger partial charge in [-0.05, 0) is 44.9 Å². The van der Waals surface area contributed by atoms with E-state index in [1.165, 1.54) is 0 Å². The highest BCUT2D eigenvalue weighted by molar-refractivity contribution is 9.10. The van der Waals surface area contributed by atoms with E-state index in [4.69, 9.17) is 14.2 Å². The zero-order valence-electron chi connectivity index (χ0n) is 18.2. The average Bonchev–Trinajstić information content (AvgIpc) is 3.36. The Bertz CT molecular complexity index is 964. The molecule has 1 aromatic rings. The molecule has 8 nitrogen and oxygen atoms in total. The Balaban J connectivity index is 1.59. The molecule has 0 N–H and O–H groups in total. The molecular weight excluding hydrogens is 480 g/mol. The Hall–Kier alpha value is -2.13. The van der Waals surface area contributed by atoms with Gasteiger partial charge in [-0.1, -0.05) is 15.9 Å². The van der Waals surface area contributed by atoms with Gasteiger partial charge in [0.25, 0.3) is 0 Å². The van der Waals surface area contributed by atoms with E-state index in [1.54, 1.807) is 23.6 Å². The summed E-state index contributed by atoms with van der Waals surface area (Å²) in [5.41, 5.74) is -0.537. The van der Waals surface area contributed by atoms with Crippen LogP contribution >= 0.6 is 15.9 Å². The van der Waals surface area contributed by atoms with Crippen molar-refractivity contribution < 1.29 is 28.6 Å². The third kappa shape index (κ3) is 3.15. The number of carbonyl (C=O) groups is 3. The number of fused-ring (bicyclic) bond motifs is 5. The van der Waals surface area contributed by atoms with Gasteiger partial charge in [-0.25, -0.2) is 0 Å². The van der Waals surface area contributed by atoms with Gasteiger partial charge in [0.2, 0.25) is 11.8 Å². The average molecular weight is 507 g/mol. The highest BCUT2D eigenvalue weighted by Crippen LogP contribution is 2.57. The number of esters is 1. The number of amides is 2. The molecule has 3 fully saturated rings. The smallest absolute Gasteiger partial charge is 0.312 e. The number of halogens is 1. The van der Waals surface area contributed by atoms with Gasteiger partial charge in [0.15, 0.2) is 0 Å². The van der Waals surface area contributed by atoms with Crippen molar-refractivity contribution in [2.24, 2.45) is 11.8 Å². The van der Waals surface area contributed by atoms with E-state index in [-0.39, 0.29) is 43.6 Å². The molecule has 9 heteroatoms. The van der Waals surface area contributed by atoms with Crippen molar-refractivity contribution in [2.45, 2.75) is 44.4 Å². The Labute approximate surface area is 195 Å². The molecule has 0 spiro atoms. The van der Waals surface area contributed by atoms with E-state index in [9.17, 15) is 14.4 Å². The molecule has 4 unspecified atom stereocenters. The highest BCUT2D eigenvalue weighted by atomic mass is 79.9. The monoisotopic (exact) mass is 506 g/mol. The van der Waals surface area contributed by atoms with Crippen LogP contribution in [0.4, 0.5) is 0 Å². The third-order valence-electron chi connectivity index (χ3n) is 7.24. The van der Waals surface area contributed by atoms with Gasteiger partial charge in [0, 0.05) is 29.1 Å². The van der Waals surface area contributed by atoms with Crippen molar-refractivity contribution in [1.29, 1.82) is 0 Å². The van der Waals surface area contributed by atoms with E-state index in [0.717, 1.165) is 22.9 Å². The van der Waals surface area contributed by atoms with Crippen LogP contribution in [0, 0.1) is 11.8 Å². The summed E-state index contributed by atoms with van der Waals surface area (Å²) >= 11 is 3.50. The number of hydrogen-bond donors (Lipinski definition) is 0. The summed E-state index contributed by atoms with van der Waals surface area (Å²) in [6.07, 6.45) is 1.73. The lowest BCUT2D eigenvalue weighted by Crippen LogP contribution is -2.68. The predicted octanol–water partition coefficient (Wildman–Crippen LogP) is 2.30. The van der Waals surface area contributed by atoms with Crippen LogP contribution in [-0.2, 0) is 23.9 Å². The summed E-state index contributed by atoms with van der Waals surface area (Å²) < 4.78 is 18.0. The SMILES string of the molecule is CCOC(=O)C1C2COc3ccc(Br)cc3C2N2C(=O)CN(CC3CCCO3)C(=O)[C@@]12C. The van der Waals surface area contributed by atoms with Crippen LogP contribution in [-0.4, -0.2) is 72.1 Å². The van der Waals surface area contributed by atoms with E-state index in [2.05, 4.69) is 15.9 Å². The quantitative estimate of drug-likeness (QED) is 0.582. The summed E-state index contributed by atoms with van der Waals surface area (Å²) in [7, 11) is 0. The number of carbonyl (C=O) groups excluding carboxylic acids is 3. The lowest BCUT2D eigenvalue weighted by molar-refractivity contribution is -0.171. The topological polar surface area (TPSA) is 85.4 Å². The molecule has 4 aliphatic rings. The highest BCUT2D eigenvalue weighted by Gasteiger charge is 2.69. The first-order chi connectivity index (χ1) is 15.4. The summed E-state index contributed by atoms with van der Waals surface area (Å²) in [4.78, 5) is 43.9. The van der Waals surface area contributed by atoms with Crippen LogP contribution in [0.2, 0.25) is 0 Å². The Kier molecular flexibility index (Phi) is 5.44. The molecule has 0 aromatic heterocycles. The Morgan fingerprint density at radius 1 is 1.34 bits per heavy atom. The maximum atomic E-state index is 13.9. The second-order valence-electron chi connectivity index (χ2n) is 9.06. The molecule has 0 radical (unpaired) electrons. The van der Waals surface area contributed by atoms with Crippen molar-refractivity contribution >= 4 is 33.7 Å². The van der Waals surface area contributed by atoms with E-state index < -0.39 is 23.5 Å². The van der Waals surface area contributed by atoms with Gasteiger partial charge in [-0.15, -0.1) is 0 Å². The lowest BCUT2D eigenvalue weighted by Gasteiger charge is -2.47. The number of ether oxygens (including phenoxy) is 3. The summed E-state index contributed by atoms with van der Waals surface area (Å²) in [5, 5.41) is 0. The summed E-state index contributed by atoms with van der Waals surface area (Å²) in [5.74, 6) is -1.38. The summed E-state index contributed by atoms with van der Waals surface area (Å²) in [6, 6.07) is 5.21. The molecule has 1 aromatic carbocycles. The first-order valence-corrected chi connectivity index (χ1v) is 12.0. The fraction of sp³-hybridized carbons (Fsp3) is 0.609. The third-order valence-corrected chi connectivity index (χ3v) is 7.74. The number of nitrogens with zero attached hydrogens (tertiary/aromatic N) is 2. The molecule has 0 saturated carbocycles. The normalized spacial score (nSPS) is 33.5. The lowest BCUT2D eigenvalue weighted by atomic mass is 9.77. The number of hydrogen-bond acceptors (Lipinski definition) is 6. The molecular formula is C23H27BrN2O6. The molecule has 3 saturated heterocycles.